The van der Waals surface area contributed by atoms with Gasteiger partial charge in [0.05, 0.1) is 46.7 Å². The molecule has 4 heterocycles. The van der Waals surface area contributed by atoms with Crippen LogP contribution < -0.4 is 5.32 Å². The van der Waals surface area contributed by atoms with Crippen LogP contribution in [-0.2, 0) is 32.6 Å². The molecule has 0 radical (unpaired) electrons. The third kappa shape index (κ3) is 5.95. The van der Waals surface area contributed by atoms with E-state index in [2.05, 4.69) is 43.8 Å². The van der Waals surface area contributed by atoms with E-state index in [0.717, 1.165) is 31.9 Å². The van der Waals surface area contributed by atoms with Gasteiger partial charge in [0, 0.05) is 42.1 Å². The van der Waals surface area contributed by atoms with E-state index in [4.69, 9.17) is 4.74 Å². The van der Waals surface area contributed by atoms with Crippen LogP contribution in [0.15, 0.2) is 73.4 Å². The zero-order valence-electron chi connectivity index (χ0n) is 23.3. The summed E-state index contributed by atoms with van der Waals surface area (Å²) in [6.45, 7) is 4.46. The van der Waals surface area contributed by atoms with E-state index in [0.29, 0.717) is 42.9 Å². The maximum absolute atomic E-state index is 12.7. The number of nitrogens with zero attached hydrogens (tertiary/aromatic N) is 6. The fraction of sp³-hybridized carbons (Fsp3) is 0.300. The first-order valence-electron chi connectivity index (χ1n) is 13.8. The Morgan fingerprint density at radius 1 is 1.07 bits per heavy atom. The minimum Gasteiger partial charge on any atom is -0.367 e. The predicted octanol–water partition coefficient (Wildman–Crippen LogP) is 4.36. The van der Waals surface area contributed by atoms with Gasteiger partial charge in [0.1, 0.15) is 6.61 Å². The number of hydrogen-bond acceptors (Lipinski definition) is 8. The number of benzene rings is 1. The molecule has 1 amide bonds. The molecule has 0 saturated heterocycles. The SMILES string of the molecule is CC(C)n1cc(NC(=O)COCc2ccccc2)c2cnc(Cc3ccnc(-c4cnn(S(=O)(=O)C5CC5)c4)n3)cc21. The van der Waals surface area contributed by atoms with Crippen molar-refractivity contribution in [2.75, 3.05) is 11.9 Å². The monoisotopic (exact) mass is 585 g/mol. The summed E-state index contributed by atoms with van der Waals surface area (Å²) in [5.74, 6) is 0.162. The summed E-state index contributed by atoms with van der Waals surface area (Å²) < 4.78 is 33.7. The molecule has 1 aromatic carbocycles. The molecule has 1 saturated carbocycles. The summed E-state index contributed by atoms with van der Waals surface area (Å²) in [6, 6.07) is 13.7. The zero-order chi connectivity index (χ0) is 29.3. The van der Waals surface area contributed by atoms with Crippen molar-refractivity contribution in [2.24, 2.45) is 0 Å². The Morgan fingerprint density at radius 2 is 1.88 bits per heavy atom. The number of rotatable bonds is 11. The number of carbonyl (C=O) groups excluding carboxylic acids is 1. The third-order valence-electron chi connectivity index (χ3n) is 7.05. The molecule has 1 fully saturated rings. The van der Waals surface area contributed by atoms with Gasteiger partial charge >= 0.3 is 0 Å². The number of pyridine rings is 1. The predicted molar refractivity (Wildman–Crippen MR) is 158 cm³/mol. The lowest BCUT2D eigenvalue weighted by Crippen LogP contribution is -2.18. The maximum Gasteiger partial charge on any atom is 0.256 e. The van der Waals surface area contributed by atoms with Crippen LogP contribution in [0.4, 0.5) is 5.69 Å². The summed E-state index contributed by atoms with van der Waals surface area (Å²) in [5, 5.41) is 7.49. The third-order valence-corrected chi connectivity index (χ3v) is 9.09. The van der Waals surface area contributed by atoms with Gasteiger partial charge in [-0.05, 0) is 44.4 Å². The first-order valence-corrected chi connectivity index (χ1v) is 15.3. The lowest BCUT2D eigenvalue weighted by atomic mass is 10.1. The average molecular weight is 586 g/mol. The first kappa shape index (κ1) is 27.7. The van der Waals surface area contributed by atoms with Crippen molar-refractivity contribution in [2.45, 2.75) is 51.0 Å². The van der Waals surface area contributed by atoms with Gasteiger partial charge in [0.25, 0.3) is 10.0 Å². The Balaban J connectivity index is 1.17. The summed E-state index contributed by atoms with van der Waals surface area (Å²) in [6.07, 6.45) is 10.0. The number of hydrogen-bond donors (Lipinski definition) is 1. The molecule has 6 rings (SSSR count). The van der Waals surface area contributed by atoms with Crippen LogP contribution in [0.2, 0.25) is 0 Å². The van der Waals surface area contributed by atoms with E-state index >= 15 is 0 Å². The molecular formula is C30H31N7O4S. The van der Waals surface area contributed by atoms with Crippen LogP contribution in [0, 0.1) is 0 Å². The lowest BCUT2D eigenvalue weighted by Gasteiger charge is -2.09. The Labute approximate surface area is 243 Å². The standard InChI is InChI=1S/C30H31N7O4S/c1-20(2)36-17-27(35-29(38)19-41-18-21-6-4-3-5-7-21)26-15-32-24(13-28(26)36)12-23-10-11-31-30(34-23)22-14-33-37(16-22)42(39,40)25-8-9-25/h3-7,10-11,13-17,20,25H,8-9,12,18-19H2,1-2H3,(H,35,38). The van der Waals surface area contributed by atoms with Gasteiger partial charge in [-0.3, -0.25) is 9.78 Å². The van der Waals surface area contributed by atoms with Crippen LogP contribution in [0.3, 0.4) is 0 Å². The minimum atomic E-state index is -3.46. The number of carbonyl (C=O) groups is 1. The Hall–Kier alpha value is -4.42. The average Bonchev–Trinajstić information content (AvgIpc) is 3.62. The number of amides is 1. The highest BCUT2D eigenvalue weighted by atomic mass is 32.2. The van der Waals surface area contributed by atoms with E-state index in [1.165, 1.54) is 12.4 Å². The van der Waals surface area contributed by atoms with Crippen molar-refractivity contribution in [1.29, 1.82) is 0 Å². The number of nitrogens with one attached hydrogen (secondary N) is 1. The van der Waals surface area contributed by atoms with Crippen molar-refractivity contribution in [3.05, 3.63) is 90.4 Å². The van der Waals surface area contributed by atoms with Gasteiger partial charge in [0.2, 0.25) is 5.91 Å². The molecule has 12 heteroatoms. The number of fused-ring (bicyclic) bond motifs is 1. The van der Waals surface area contributed by atoms with Crippen LogP contribution in [0.5, 0.6) is 0 Å². The highest BCUT2D eigenvalue weighted by Crippen LogP contribution is 2.31. The molecule has 1 aliphatic rings. The molecule has 0 aliphatic heterocycles. The molecule has 0 atom stereocenters. The largest absolute Gasteiger partial charge is 0.367 e. The van der Waals surface area contributed by atoms with Crippen LogP contribution in [0.25, 0.3) is 22.3 Å². The molecule has 0 unspecified atom stereocenters. The quantitative estimate of drug-likeness (QED) is 0.242. The van der Waals surface area contributed by atoms with Gasteiger partial charge < -0.3 is 14.6 Å². The minimum absolute atomic E-state index is 0.0593. The van der Waals surface area contributed by atoms with Gasteiger partial charge in [-0.25, -0.2) is 18.4 Å². The fourth-order valence-electron chi connectivity index (χ4n) is 4.73. The number of aromatic nitrogens is 6. The van der Waals surface area contributed by atoms with Crippen molar-refractivity contribution < 1.29 is 17.9 Å². The molecule has 42 heavy (non-hydrogen) atoms. The van der Waals surface area contributed by atoms with Gasteiger partial charge in [-0.1, -0.05) is 30.3 Å². The molecule has 4 aromatic heterocycles. The molecule has 0 spiro atoms. The van der Waals surface area contributed by atoms with E-state index < -0.39 is 10.0 Å². The summed E-state index contributed by atoms with van der Waals surface area (Å²) in [7, 11) is -3.46. The Kier molecular flexibility index (Phi) is 7.56. The molecular weight excluding hydrogens is 554 g/mol. The molecule has 216 valence electrons. The second kappa shape index (κ2) is 11.5. The molecule has 0 bridgehead atoms. The second-order valence-corrected chi connectivity index (χ2v) is 12.7. The lowest BCUT2D eigenvalue weighted by molar-refractivity contribution is -0.121. The molecule has 5 aromatic rings. The van der Waals surface area contributed by atoms with Gasteiger partial charge in [-0.2, -0.15) is 9.19 Å². The van der Waals surface area contributed by atoms with E-state index in [1.54, 1.807) is 12.4 Å². The fourth-order valence-corrected chi connectivity index (χ4v) is 6.20. The van der Waals surface area contributed by atoms with E-state index in [9.17, 15) is 13.2 Å². The van der Waals surface area contributed by atoms with Crippen LogP contribution in [0.1, 0.15) is 49.7 Å². The smallest absolute Gasteiger partial charge is 0.256 e. The second-order valence-electron chi connectivity index (χ2n) is 10.7. The summed E-state index contributed by atoms with van der Waals surface area (Å²) in [5.41, 5.74) is 4.68. The van der Waals surface area contributed by atoms with E-state index in [1.807, 2.05) is 48.7 Å². The molecule has 1 N–H and O–H groups in total. The van der Waals surface area contributed by atoms with Crippen molar-refractivity contribution >= 4 is 32.5 Å². The topological polar surface area (TPSA) is 134 Å². The normalized spacial score (nSPS) is 13.6. The molecule has 11 nitrogen and oxygen atoms in total. The van der Waals surface area contributed by atoms with Gasteiger partial charge in [-0.15, -0.1) is 0 Å². The highest BCUT2D eigenvalue weighted by Gasteiger charge is 2.37. The molecule has 1 aliphatic carbocycles. The summed E-state index contributed by atoms with van der Waals surface area (Å²) in [4.78, 5) is 26.3. The van der Waals surface area contributed by atoms with Crippen molar-refractivity contribution in [1.82, 2.24) is 28.7 Å². The summed E-state index contributed by atoms with van der Waals surface area (Å²) >= 11 is 0. The Morgan fingerprint density at radius 3 is 2.64 bits per heavy atom. The van der Waals surface area contributed by atoms with Crippen molar-refractivity contribution in [3.63, 3.8) is 0 Å². The number of ether oxygens (including phenoxy) is 1. The van der Waals surface area contributed by atoms with Crippen LogP contribution >= 0.6 is 0 Å². The Bertz CT molecular complexity index is 1840. The number of anilines is 1. The first-order chi connectivity index (χ1) is 20.3. The maximum atomic E-state index is 12.7. The van der Waals surface area contributed by atoms with Crippen LogP contribution in [-0.4, -0.2) is 54.9 Å². The highest BCUT2D eigenvalue weighted by molar-refractivity contribution is 7.90. The van der Waals surface area contributed by atoms with Crippen molar-refractivity contribution in [3.8, 4) is 11.4 Å². The van der Waals surface area contributed by atoms with Gasteiger partial charge in [0.15, 0.2) is 5.82 Å². The van der Waals surface area contributed by atoms with E-state index in [-0.39, 0.29) is 23.8 Å². The zero-order valence-corrected chi connectivity index (χ0v) is 24.2.